The number of hydrogen-bond acceptors (Lipinski definition) is 3. The highest BCUT2D eigenvalue weighted by Crippen LogP contribution is 2.27. The number of piperidine rings is 1. The van der Waals surface area contributed by atoms with E-state index in [1.807, 2.05) is 13.8 Å². The number of thiocarbonyl (C=S) groups is 1. The molecule has 1 amide bonds. The van der Waals surface area contributed by atoms with Gasteiger partial charge in [0.15, 0.2) is 0 Å². The van der Waals surface area contributed by atoms with Crippen molar-refractivity contribution in [3.8, 4) is 0 Å². The van der Waals surface area contributed by atoms with Crippen LogP contribution in [-0.4, -0.2) is 41.5 Å². The van der Waals surface area contributed by atoms with Gasteiger partial charge in [0.1, 0.15) is 0 Å². The van der Waals surface area contributed by atoms with Crippen LogP contribution in [0.15, 0.2) is 0 Å². The van der Waals surface area contributed by atoms with E-state index in [0.717, 1.165) is 19.6 Å². The molecule has 20 heavy (non-hydrogen) atoms. The quantitative estimate of drug-likeness (QED) is 0.707. The number of likely N-dealkylation sites (tertiary alicyclic amines) is 1. The molecule has 0 saturated carbocycles. The van der Waals surface area contributed by atoms with Crippen LogP contribution in [0.1, 0.15) is 52.9 Å². The molecule has 1 heterocycles. The first-order valence-corrected chi connectivity index (χ1v) is 8.20. The third-order valence-corrected chi connectivity index (χ3v) is 4.86. The minimum absolute atomic E-state index is 0.0143. The van der Waals surface area contributed by atoms with E-state index in [9.17, 15) is 4.79 Å². The molecule has 1 atom stereocenters. The summed E-state index contributed by atoms with van der Waals surface area (Å²) in [6, 6.07) is 0.132. The standard InChI is InChI=1S/C15H29N3OS/c1-4-15(5-2,13(16)20)14(19)17-12(3)11-18-9-7-6-8-10-18/h12H,4-11H2,1-3H3,(H2,16,20)(H,17,19). The summed E-state index contributed by atoms with van der Waals surface area (Å²) in [5.74, 6) is -0.0143. The summed E-state index contributed by atoms with van der Waals surface area (Å²) in [6.45, 7) is 9.19. The number of carbonyl (C=O) groups is 1. The molecule has 0 spiro atoms. The Labute approximate surface area is 128 Å². The van der Waals surface area contributed by atoms with Gasteiger partial charge in [0.25, 0.3) is 0 Å². The van der Waals surface area contributed by atoms with Gasteiger partial charge < -0.3 is 16.0 Å². The van der Waals surface area contributed by atoms with Crippen molar-refractivity contribution in [2.24, 2.45) is 11.1 Å². The highest BCUT2D eigenvalue weighted by Gasteiger charge is 2.38. The smallest absolute Gasteiger partial charge is 0.233 e. The molecular formula is C15H29N3OS. The average molecular weight is 299 g/mol. The second kappa shape index (κ2) is 7.93. The fraction of sp³-hybridized carbons (Fsp3) is 0.867. The van der Waals surface area contributed by atoms with E-state index in [1.165, 1.54) is 19.3 Å². The minimum Gasteiger partial charge on any atom is -0.392 e. The average Bonchev–Trinajstić information content (AvgIpc) is 2.41. The summed E-state index contributed by atoms with van der Waals surface area (Å²) >= 11 is 5.12. The fourth-order valence-corrected chi connectivity index (χ4v) is 3.35. The topological polar surface area (TPSA) is 58.4 Å². The van der Waals surface area contributed by atoms with E-state index in [2.05, 4.69) is 17.1 Å². The monoisotopic (exact) mass is 299 g/mol. The van der Waals surface area contributed by atoms with Gasteiger partial charge in [0.05, 0.1) is 10.4 Å². The molecule has 0 aliphatic carbocycles. The summed E-state index contributed by atoms with van der Waals surface area (Å²) in [5.41, 5.74) is 5.12. The summed E-state index contributed by atoms with van der Waals surface area (Å²) in [5, 5.41) is 3.10. The van der Waals surface area contributed by atoms with E-state index >= 15 is 0 Å². The number of nitrogens with one attached hydrogen (secondary N) is 1. The van der Waals surface area contributed by atoms with Crippen LogP contribution in [0.2, 0.25) is 0 Å². The fourth-order valence-electron chi connectivity index (χ4n) is 2.97. The summed E-state index contributed by atoms with van der Waals surface area (Å²) in [7, 11) is 0. The van der Waals surface area contributed by atoms with Crippen LogP contribution in [0.3, 0.4) is 0 Å². The van der Waals surface area contributed by atoms with Gasteiger partial charge in [-0.05, 0) is 45.7 Å². The maximum Gasteiger partial charge on any atom is 0.233 e. The van der Waals surface area contributed by atoms with Crippen LogP contribution in [0, 0.1) is 5.41 Å². The Morgan fingerprint density at radius 1 is 1.30 bits per heavy atom. The first-order valence-electron chi connectivity index (χ1n) is 7.79. The highest BCUT2D eigenvalue weighted by molar-refractivity contribution is 7.80. The van der Waals surface area contributed by atoms with Crippen LogP contribution in [0.5, 0.6) is 0 Å². The number of hydrogen-bond donors (Lipinski definition) is 2. The highest BCUT2D eigenvalue weighted by atomic mass is 32.1. The maximum atomic E-state index is 12.5. The first-order chi connectivity index (χ1) is 9.46. The number of nitrogens with zero attached hydrogens (tertiary/aromatic N) is 1. The van der Waals surface area contributed by atoms with E-state index in [1.54, 1.807) is 0 Å². The summed E-state index contributed by atoms with van der Waals surface area (Å²) in [4.78, 5) is 15.3. The molecule has 1 aliphatic heterocycles. The molecule has 4 nitrogen and oxygen atoms in total. The molecule has 0 aromatic heterocycles. The van der Waals surface area contributed by atoms with Crippen LogP contribution in [-0.2, 0) is 4.79 Å². The zero-order valence-electron chi connectivity index (χ0n) is 13.1. The third kappa shape index (κ3) is 4.16. The van der Waals surface area contributed by atoms with Gasteiger partial charge in [0.2, 0.25) is 5.91 Å². The zero-order chi connectivity index (χ0) is 15.2. The predicted molar refractivity (Wildman–Crippen MR) is 87.7 cm³/mol. The number of amides is 1. The molecular weight excluding hydrogens is 270 g/mol. The molecule has 0 aromatic rings. The molecule has 5 heteroatoms. The van der Waals surface area contributed by atoms with Crippen molar-refractivity contribution in [3.63, 3.8) is 0 Å². The van der Waals surface area contributed by atoms with Crippen molar-refractivity contribution >= 4 is 23.1 Å². The Hall–Kier alpha value is -0.680. The Bertz CT molecular complexity index is 336. The third-order valence-electron chi connectivity index (χ3n) is 4.47. The molecule has 1 rings (SSSR count). The van der Waals surface area contributed by atoms with Crippen LogP contribution in [0.4, 0.5) is 0 Å². The SMILES string of the molecule is CCC(CC)(C(=O)NC(C)CN1CCCCC1)C(N)=S. The van der Waals surface area contributed by atoms with E-state index in [4.69, 9.17) is 18.0 Å². The minimum atomic E-state index is -0.689. The van der Waals surface area contributed by atoms with Gasteiger partial charge in [-0.15, -0.1) is 0 Å². The summed E-state index contributed by atoms with van der Waals surface area (Å²) in [6.07, 6.45) is 5.17. The van der Waals surface area contributed by atoms with Crippen molar-refractivity contribution < 1.29 is 4.79 Å². The van der Waals surface area contributed by atoms with E-state index in [-0.39, 0.29) is 11.9 Å². The Kier molecular flexibility index (Phi) is 6.89. The second-order valence-corrected chi connectivity index (χ2v) is 6.33. The molecule has 1 saturated heterocycles. The van der Waals surface area contributed by atoms with Gasteiger partial charge in [-0.3, -0.25) is 4.79 Å². The molecule has 3 N–H and O–H groups in total. The van der Waals surface area contributed by atoms with Gasteiger partial charge in [-0.1, -0.05) is 32.5 Å². The van der Waals surface area contributed by atoms with Crippen molar-refractivity contribution in [2.75, 3.05) is 19.6 Å². The van der Waals surface area contributed by atoms with E-state index in [0.29, 0.717) is 17.8 Å². The Balaban J connectivity index is 2.56. The molecule has 1 fully saturated rings. The second-order valence-electron chi connectivity index (χ2n) is 5.89. The molecule has 1 unspecified atom stereocenters. The lowest BCUT2D eigenvalue weighted by Gasteiger charge is -2.33. The zero-order valence-corrected chi connectivity index (χ0v) is 13.9. The lowest BCUT2D eigenvalue weighted by atomic mass is 9.81. The van der Waals surface area contributed by atoms with Gasteiger partial charge in [0, 0.05) is 12.6 Å². The van der Waals surface area contributed by atoms with Gasteiger partial charge in [-0.25, -0.2) is 0 Å². The molecule has 1 aliphatic rings. The first kappa shape index (κ1) is 17.4. The van der Waals surface area contributed by atoms with Gasteiger partial charge >= 0.3 is 0 Å². The van der Waals surface area contributed by atoms with Crippen molar-refractivity contribution in [3.05, 3.63) is 0 Å². The van der Waals surface area contributed by atoms with Crippen LogP contribution in [0.25, 0.3) is 0 Å². The number of nitrogens with two attached hydrogens (primary N) is 1. The van der Waals surface area contributed by atoms with Crippen LogP contribution >= 0.6 is 12.2 Å². The van der Waals surface area contributed by atoms with Crippen molar-refractivity contribution in [1.82, 2.24) is 10.2 Å². The summed E-state index contributed by atoms with van der Waals surface area (Å²) < 4.78 is 0. The number of rotatable bonds is 7. The Morgan fingerprint density at radius 3 is 2.30 bits per heavy atom. The number of carbonyl (C=O) groups excluding carboxylic acids is 1. The van der Waals surface area contributed by atoms with Crippen molar-refractivity contribution in [1.29, 1.82) is 0 Å². The van der Waals surface area contributed by atoms with Crippen LogP contribution < -0.4 is 11.1 Å². The van der Waals surface area contributed by atoms with Gasteiger partial charge in [-0.2, -0.15) is 0 Å². The lowest BCUT2D eigenvalue weighted by Crippen LogP contribution is -2.53. The van der Waals surface area contributed by atoms with E-state index < -0.39 is 5.41 Å². The molecule has 0 bridgehead atoms. The normalized spacial score (nSPS) is 18.6. The molecule has 0 radical (unpaired) electrons. The maximum absolute atomic E-state index is 12.5. The predicted octanol–water partition coefficient (Wildman–Crippen LogP) is 2.07. The Morgan fingerprint density at radius 2 is 1.85 bits per heavy atom. The molecule has 116 valence electrons. The lowest BCUT2D eigenvalue weighted by molar-refractivity contribution is -0.128. The largest absolute Gasteiger partial charge is 0.392 e. The van der Waals surface area contributed by atoms with Crippen molar-refractivity contribution in [2.45, 2.75) is 58.9 Å². The molecule has 0 aromatic carbocycles.